The van der Waals surface area contributed by atoms with Crippen LogP contribution in [0.25, 0.3) is 0 Å². The predicted molar refractivity (Wildman–Crippen MR) is 75.8 cm³/mol. The number of hydrogen-bond donors (Lipinski definition) is 0. The highest BCUT2D eigenvalue weighted by molar-refractivity contribution is 6.73. The number of imidazole rings is 1. The van der Waals surface area contributed by atoms with Gasteiger partial charge in [0.1, 0.15) is 6.73 Å². The topological polar surface area (TPSA) is 36.3 Å². The van der Waals surface area contributed by atoms with Crippen LogP contribution in [0, 0.1) is 0 Å². The first-order chi connectivity index (χ1) is 8.71. The van der Waals surface area contributed by atoms with Crippen LogP contribution in [-0.4, -0.2) is 24.5 Å². The second kappa shape index (κ2) is 7.71. The molecule has 0 bridgehead atoms. The van der Waals surface area contributed by atoms with Gasteiger partial charge in [0, 0.05) is 6.61 Å². The summed E-state index contributed by atoms with van der Waals surface area (Å²) in [5, 5.41) is 0. The normalized spacial score (nSPS) is 12.0. The molecule has 0 spiro atoms. The minimum Gasteiger partial charge on any atom is -0.411 e. The van der Waals surface area contributed by atoms with Crippen molar-refractivity contribution in [3.8, 4) is 0 Å². The maximum atomic E-state index is 6.26. The molecule has 0 fully saturated rings. The van der Waals surface area contributed by atoms with Crippen molar-refractivity contribution in [2.45, 2.75) is 59.2 Å². The second-order valence-electron chi connectivity index (χ2n) is 4.51. The van der Waals surface area contributed by atoms with E-state index in [1.54, 1.807) is 6.33 Å². The standard InChI is InChI=1S/C13H26N2O2Si/c1-5-16-12-15-11-14-9-13(15)10-17-18(6-2,7-3)8-4/h9,11H,5-8,10,12H2,1-4H3. The van der Waals surface area contributed by atoms with Crippen LogP contribution in [0.15, 0.2) is 12.5 Å². The van der Waals surface area contributed by atoms with Gasteiger partial charge in [-0.2, -0.15) is 0 Å². The maximum absolute atomic E-state index is 6.26. The monoisotopic (exact) mass is 270 g/mol. The third-order valence-electron chi connectivity index (χ3n) is 3.69. The average molecular weight is 270 g/mol. The predicted octanol–water partition coefficient (Wildman–Crippen LogP) is 3.40. The molecule has 0 saturated heterocycles. The fourth-order valence-corrected chi connectivity index (χ4v) is 4.62. The van der Waals surface area contributed by atoms with Crippen molar-refractivity contribution in [3.05, 3.63) is 18.2 Å². The van der Waals surface area contributed by atoms with Crippen LogP contribution >= 0.6 is 0 Å². The Morgan fingerprint density at radius 3 is 2.39 bits per heavy atom. The molecule has 18 heavy (non-hydrogen) atoms. The molecule has 0 radical (unpaired) electrons. The second-order valence-corrected chi connectivity index (χ2v) is 9.29. The minimum atomic E-state index is -1.51. The van der Waals surface area contributed by atoms with Crippen LogP contribution in [0.5, 0.6) is 0 Å². The fourth-order valence-electron chi connectivity index (χ4n) is 2.06. The van der Waals surface area contributed by atoms with Gasteiger partial charge in [-0.25, -0.2) is 4.98 Å². The molecule has 0 atom stereocenters. The van der Waals surface area contributed by atoms with Crippen molar-refractivity contribution in [1.29, 1.82) is 0 Å². The summed E-state index contributed by atoms with van der Waals surface area (Å²) in [5.41, 5.74) is 1.11. The highest BCUT2D eigenvalue weighted by Gasteiger charge is 2.28. The van der Waals surface area contributed by atoms with Crippen LogP contribution in [0.1, 0.15) is 33.4 Å². The van der Waals surface area contributed by atoms with Crippen molar-refractivity contribution in [2.24, 2.45) is 0 Å². The molecule has 1 aromatic rings. The van der Waals surface area contributed by atoms with E-state index in [2.05, 4.69) is 25.8 Å². The van der Waals surface area contributed by atoms with Gasteiger partial charge in [-0.05, 0) is 25.1 Å². The summed E-state index contributed by atoms with van der Waals surface area (Å²) in [6.07, 6.45) is 3.68. The van der Waals surface area contributed by atoms with Gasteiger partial charge in [0.2, 0.25) is 0 Å². The first-order valence-corrected chi connectivity index (χ1v) is 9.45. The number of ether oxygens (including phenoxy) is 1. The number of nitrogens with zero attached hydrogens (tertiary/aromatic N) is 2. The zero-order chi connectivity index (χ0) is 13.4. The Hall–Kier alpha value is -0.653. The first-order valence-electron chi connectivity index (χ1n) is 6.92. The molecule has 4 nitrogen and oxygen atoms in total. The smallest absolute Gasteiger partial charge is 0.192 e. The zero-order valence-corrected chi connectivity index (χ0v) is 13.1. The summed E-state index contributed by atoms with van der Waals surface area (Å²) >= 11 is 0. The third kappa shape index (κ3) is 3.93. The summed E-state index contributed by atoms with van der Waals surface area (Å²) in [6, 6.07) is 3.54. The molecular formula is C13H26N2O2Si. The van der Waals surface area contributed by atoms with Crippen LogP contribution in [0.4, 0.5) is 0 Å². The van der Waals surface area contributed by atoms with Crippen molar-refractivity contribution < 1.29 is 9.16 Å². The molecule has 0 aliphatic heterocycles. The SMILES string of the molecule is CCOCn1cncc1CO[Si](CC)(CC)CC. The van der Waals surface area contributed by atoms with Crippen molar-refractivity contribution in [2.75, 3.05) is 6.61 Å². The van der Waals surface area contributed by atoms with Gasteiger partial charge in [0.05, 0.1) is 24.8 Å². The van der Waals surface area contributed by atoms with E-state index in [-0.39, 0.29) is 0 Å². The van der Waals surface area contributed by atoms with Crippen molar-refractivity contribution >= 4 is 8.32 Å². The minimum absolute atomic E-state index is 0.564. The molecule has 0 N–H and O–H groups in total. The highest BCUT2D eigenvalue weighted by atomic mass is 28.4. The lowest BCUT2D eigenvalue weighted by Gasteiger charge is -2.28. The molecule has 0 saturated carbocycles. The van der Waals surface area contributed by atoms with Gasteiger partial charge >= 0.3 is 0 Å². The Morgan fingerprint density at radius 1 is 1.17 bits per heavy atom. The van der Waals surface area contributed by atoms with E-state index in [4.69, 9.17) is 9.16 Å². The van der Waals surface area contributed by atoms with E-state index < -0.39 is 8.32 Å². The Kier molecular flexibility index (Phi) is 6.60. The van der Waals surface area contributed by atoms with Crippen LogP contribution < -0.4 is 0 Å². The zero-order valence-electron chi connectivity index (χ0n) is 12.1. The number of hydrogen-bond acceptors (Lipinski definition) is 3. The lowest BCUT2D eigenvalue weighted by molar-refractivity contribution is 0.0832. The molecule has 1 rings (SSSR count). The van der Waals surface area contributed by atoms with E-state index in [0.29, 0.717) is 13.3 Å². The van der Waals surface area contributed by atoms with Gasteiger partial charge in [0.15, 0.2) is 8.32 Å². The molecule has 0 aliphatic rings. The molecule has 0 amide bonds. The van der Waals surface area contributed by atoms with Gasteiger partial charge in [0.25, 0.3) is 0 Å². The van der Waals surface area contributed by atoms with E-state index in [0.717, 1.165) is 12.3 Å². The molecule has 104 valence electrons. The van der Waals surface area contributed by atoms with Crippen molar-refractivity contribution in [1.82, 2.24) is 9.55 Å². The van der Waals surface area contributed by atoms with E-state index >= 15 is 0 Å². The molecule has 5 heteroatoms. The largest absolute Gasteiger partial charge is 0.411 e. The summed E-state index contributed by atoms with van der Waals surface area (Å²) < 4.78 is 13.7. The molecule has 0 unspecified atom stereocenters. The lowest BCUT2D eigenvalue weighted by Crippen LogP contribution is -2.35. The Morgan fingerprint density at radius 2 is 1.83 bits per heavy atom. The van der Waals surface area contributed by atoms with E-state index in [9.17, 15) is 0 Å². The Balaban J connectivity index is 2.59. The number of aromatic nitrogens is 2. The molecule has 1 aromatic heterocycles. The molecular weight excluding hydrogens is 244 g/mol. The first kappa shape index (κ1) is 15.4. The van der Waals surface area contributed by atoms with Crippen LogP contribution in [0.2, 0.25) is 18.1 Å². The highest BCUT2D eigenvalue weighted by Crippen LogP contribution is 2.23. The summed E-state index contributed by atoms with van der Waals surface area (Å²) in [4.78, 5) is 4.17. The third-order valence-corrected chi connectivity index (χ3v) is 8.32. The summed E-state index contributed by atoms with van der Waals surface area (Å²) in [7, 11) is -1.51. The van der Waals surface area contributed by atoms with Gasteiger partial charge < -0.3 is 13.7 Å². The lowest BCUT2D eigenvalue weighted by atomic mass is 10.5. The summed E-state index contributed by atoms with van der Waals surface area (Å²) in [6.45, 7) is 10.7. The maximum Gasteiger partial charge on any atom is 0.192 e. The molecule has 1 heterocycles. The van der Waals surface area contributed by atoms with Crippen LogP contribution in [0.3, 0.4) is 0 Å². The number of rotatable bonds is 9. The Bertz CT molecular complexity index is 329. The van der Waals surface area contributed by atoms with Gasteiger partial charge in [-0.1, -0.05) is 20.8 Å². The quantitative estimate of drug-likeness (QED) is 0.645. The average Bonchev–Trinajstić information content (AvgIpc) is 2.86. The van der Waals surface area contributed by atoms with Crippen molar-refractivity contribution in [3.63, 3.8) is 0 Å². The fraction of sp³-hybridized carbons (Fsp3) is 0.769. The van der Waals surface area contributed by atoms with E-state index in [1.165, 1.54) is 18.1 Å². The molecule has 0 aliphatic carbocycles. The Labute approximate surface area is 111 Å². The van der Waals surface area contributed by atoms with Crippen LogP contribution in [-0.2, 0) is 22.5 Å². The van der Waals surface area contributed by atoms with E-state index in [1.807, 2.05) is 17.7 Å². The molecule has 0 aromatic carbocycles. The summed E-state index contributed by atoms with van der Waals surface area (Å²) in [5.74, 6) is 0. The van der Waals surface area contributed by atoms with Gasteiger partial charge in [-0.15, -0.1) is 0 Å². The van der Waals surface area contributed by atoms with Gasteiger partial charge in [-0.3, -0.25) is 0 Å².